The highest BCUT2D eigenvalue weighted by Gasteiger charge is 2.24. The van der Waals surface area contributed by atoms with Crippen molar-refractivity contribution in [2.45, 2.75) is 39.0 Å². The molecule has 0 aromatic heterocycles. The summed E-state index contributed by atoms with van der Waals surface area (Å²) in [6, 6.07) is 13.3. The Bertz CT molecular complexity index is 873. The maximum atomic E-state index is 12.2. The molecule has 6 nitrogen and oxygen atoms in total. The summed E-state index contributed by atoms with van der Waals surface area (Å²) in [7, 11) is 0. The van der Waals surface area contributed by atoms with Crippen LogP contribution in [0.4, 0.5) is 0 Å². The lowest BCUT2D eigenvalue weighted by molar-refractivity contribution is -0.123. The monoisotopic (exact) mass is 397 g/mol. The molecule has 0 saturated heterocycles. The highest BCUT2D eigenvalue weighted by atomic mass is 16.7. The summed E-state index contributed by atoms with van der Waals surface area (Å²) in [5, 5.41) is 2.93. The molecule has 0 unspecified atom stereocenters. The van der Waals surface area contributed by atoms with Gasteiger partial charge in [-0.3, -0.25) is 4.79 Å². The van der Waals surface area contributed by atoms with Crippen molar-refractivity contribution in [1.29, 1.82) is 0 Å². The number of ketones is 1. The average Bonchev–Trinajstić information content (AvgIpc) is 3.18. The second kappa shape index (κ2) is 8.99. The maximum absolute atomic E-state index is 12.2. The van der Waals surface area contributed by atoms with Gasteiger partial charge in [0.1, 0.15) is 11.5 Å². The molecule has 1 amide bonds. The first-order chi connectivity index (χ1) is 13.8. The van der Waals surface area contributed by atoms with E-state index in [0.29, 0.717) is 25.1 Å². The zero-order valence-corrected chi connectivity index (χ0v) is 17.1. The van der Waals surface area contributed by atoms with Gasteiger partial charge in [-0.2, -0.15) is 0 Å². The minimum Gasteiger partial charge on any atom is -0.484 e. The lowest BCUT2D eigenvalue weighted by Gasteiger charge is -2.26. The Hall–Kier alpha value is -3.02. The summed E-state index contributed by atoms with van der Waals surface area (Å²) < 4.78 is 16.3. The normalized spacial score (nSPS) is 12.5. The van der Waals surface area contributed by atoms with Crippen LogP contribution in [0, 0.1) is 0 Å². The van der Waals surface area contributed by atoms with E-state index in [1.54, 1.807) is 6.92 Å². The summed E-state index contributed by atoms with van der Waals surface area (Å²) in [5.41, 5.74) is 1.86. The van der Waals surface area contributed by atoms with Crippen LogP contribution in [0.2, 0.25) is 0 Å². The molecule has 0 saturated carbocycles. The summed E-state index contributed by atoms with van der Waals surface area (Å²) in [6.45, 7) is 6.37. The lowest BCUT2D eigenvalue weighted by atomic mass is 9.84. The second-order valence-electron chi connectivity index (χ2n) is 7.86. The minimum atomic E-state index is -0.269. The molecule has 0 bridgehead atoms. The van der Waals surface area contributed by atoms with Crippen LogP contribution in [0.15, 0.2) is 42.5 Å². The predicted molar refractivity (Wildman–Crippen MR) is 110 cm³/mol. The largest absolute Gasteiger partial charge is 0.484 e. The fourth-order valence-electron chi connectivity index (χ4n) is 3.01. The molecule has 6 heteroatoms. The van der Waals surface area contributed by atoms with Crippen LogP contribution < -0.4 is 19.5 Å². The van der Waals surface area contributed by atoms with Gasteiger partial charge in [0.25, 0.3) is 5.91 Å². The van der Waals surface area contributed by atoms with Crippen molar-refractivity contribution in [3.8, 4) is 17.2 Å². The molecule has 0 spiro atoms. The van der Waals surface area contributed by atoms with Crippen LogP contribution in [-0.4, -0.2) is 31.6 Å². The summed E-state index contributed by atoms with van der Waals surface area (Å²) in [6.07, 6.45) is 1.24. The quantitative estimate of drug-likeness (QED) is 0.702. The maximum Gasteiger partial charge on any atom is 0.257 e. The molecular weight excluding hydrogens is 370 g/mol. The van der Waals surface area contributed by atoms with Crippen LogP contribution in [-0.2, 0) is 21.4 Å². The zero-order valence-electron chi connectivity index (χ0n) is 17.1. The minimum absolute atomic E-state index is 0.0516. The molecule has 2 aromatic carbocycles. The predicted octanol–water partition coefficient (Wildman–Crippen LogP) is 3.41. The number of nitrogens with one attached hydrogen (secondary N) is 1. The van der Waals surface area contributed by atoms with Crippen LogP contribution in [0.5, 0.6) is 17.2 Å². The van der Waals surface area contributed by atoms with Crippen molar-refractivity contribution in [2.75, 3.05) is 19.9 Å². The van der Waals surface area contributed by atoms with Crippen molar-refractivity contribution in [2.24, 2.45) is 0 Å². The van der Waals surface area contributed by atoms with Gasteiger partial charge < -0.3 is 24.3 Å². The van der Waals surface area contributed by atoms with Crippen LogP contribution in [0.3, 0.4) is 0 Å². The third-order valence-electron chi connectivity index (χ3n) is 4.94. The SMILES string of the molecule is CC(=O)CCc1ccc(OCC(=O)NCC(C)(C)c2ccc3c(c2)OCO3)cc1. The number of aryl methyl sites for hydroxylation is 1. The topological polar surface area (TPSA) is 73.9 Å². The summed E-state index contributed by atoms with van der Waals surface area (Å²) >= 11 is 0. The van der Waals surface area contributed by atoms with Gasteiger partial charge >= 0.3 is 0 Å². The first-order valence-corrected chi connectivity index (χ1v) is 9.71. The first-order valence-electron chi connectivity index (χ1n) is 9.71. The molecule has 0 atom stereocenters. The van der Waals surface area contributed by atoms with E-state index in [2.05, 4.69) is 19.2 Å². The number of hydrogen-bond acceptors (Lipinski definition) is 5. The number of carbonyl (C=O) groups excluding carboxylic acids is 2. The Morgan fingerprint density at radius 2 is 1.79 bits per heavy atom. The van der Waals surface area contributed by atoms with Gasteiger partial charge in [0, 0.05) is 18.4 Å². The molecule has 1 aliphatic heterocycles. The Morgan fingerprint density at radius 3 is 2.52 bits per heavy atom. The van der Waals surface area contributed by atoms with Crippen molar-refractivity contribution in [1.82, 2.24) is 5.32 Å². The van der Waals surface area contributed by atoms with E-state index in [0.717, 1.165) is 22.6 Å². The zero-order chi connectivity index (χ0) is 20.9. The van der Waals surface area contributed by atoms with Crippen molar-refractivity contribution in [3.63, 3.8) is 0 Å². The third kappa shape index (κ3) is 5.73. The molecule has 3 rings (SSSR count). The van der Waals surface area contributed by atoms with Crippen LogP contribution >= 0.6 is 0 Å². The van der Waals surface area contributed by atoms with E-state index in [9.17, 15) is 9.59 Å². The van der Waals surface area contributed by atoms with Gasteiger partial charge in [-0.15, -0.1) is 0 Å². The summed E-state index contributed by atoms with van der Waals surface area (Å²) in [5.74, 6) is 2.10. The van der Waals surface area contributed by atoms with Crippen LogP contribution in [0.25, 0.3) is 0 Å². The number of amides is 1. The van der Waals surface area contributed by atoms with E-state index in [1.807, 2.05) is 42.5 Å². The van der Waals surface area contributed by atoms with E-state index in [1.165, 1.54) is 0 Å². The number of hydrogen-bond donors (Lipinski definition) is 1. The van der Waals surface area contributed by atoms with Crippen molar-refractivity contribution < 1.29 is 23.8 Å². The van der Waals surface area contributed by atoms with Crippen molar-refractivity contribution in [3.05, 3.63) is 53.6 Å². The molecule has 0 aliphatic carbocycles. The molecule has 0 fully saturated rings. The van der Waals surface area contributed by atoms with E-state index < -0.39 is 0 Å². The Labute approximate surface area is 171 Å². The van der Waals surface area contributed by atoms with Gasteiger partial charge in [0.15, 0.2) is 18.1 Å². The van der Waals surface area contributed by atoms with Crippen molar-refractivity contribution >= 4 is 11.7 Å². The van der Waals surface area contributed by atoms with Gasteiger partial charge in [-0.05, 0) is 48.7 Å². The van der Waals surface area contributed by atoms with Gasteiger partial charge in [0.05, 0.1) is 0 Å². The number of ether oxygens (including phenoxy) is 3. The number of benzene rings is 2. The fourth-order valence-corrected chi connectivity index (χ4v) is 3.01. The Balaban J connectivity index is 1.46. The number of rotatable bonds is 9. The van der Waals surface area contributed by atoms with Gasteiger partial charge in [0.2, 0.25) is 6.79 Å². The number of Topliss-reactive ketones (excluding diaryl/α,β-unsaturated/α-hetero) is 1. The molecule has 1 aliphatic rings. The molecule has 1 heterocycles. The number of fused-ring (bicyclic) bond motifs is 1. The fraction of sp³-hybridized carbons (Fsp3) is 0.391. The molecule has 1 N–H and O–H groups in total. The Morgan fingerprint density at radius 1 is 1.07 bits per heavy atom. The number of carbonyl (C=O) groups is 2. The standard InChI is InChI=1S/C23H27NO5/c1-16(25)4-5-17-6-9-19(10-7-17)27-13-22(26)24-14-23(2,3)18-8-11-20-21(12-18)29-15-28-20/h6-12H,4-5,13-15H2,1-3H3,(H,24,26). The average molecular weight is 397 g/mol. The van der Waals surface area contributed by atoms with Gasteiger partial charge in [-0.1, -0.05) is 32.0 Å². The Kier molecular flexibility index (Phi) is 6.42. The molecule has 0 radical (unpaired) electrons. The van der Waals surface area contributed by atoms with E-state index >= 15 is 0 Å². The lowest BCUT2D eigenvalue weighted by Crippen LogP contribution is -2.38. The van der Waals surface area contributed by atoms with Gasteiger partial charge in [-0.25, -0.2) is 0 Å². The van der Waals surface area contributed by atoms with Crippen LogP contribution in [0.1, 0.15) is 38.3 Å². The third-order valence-corrected chi connectivity index (χ3v) is 4.94. The molecule has 29 heavy (non-hydrogen) atoms. The van der Waals surface area contributed by atoms with E-state index in [4.69, 9.17) is 14.2 Å². The highest BCUT2D eigenvalue weighted by Crippen LogP contribution is 2.36. The highest BCUT2D eigenvalue weighted by molar-refractivity contribution is 5.77. The van der Waals surface area contributed by atoms with E-state index in [-0.39, 0.29) is 30.5 Å². The molecular formula is C23H27NO5. The molecule has 2 aromatic rings. The first kappa shape index (κ1) is 20.7. The second-order valence-corrected chi connectivity index (χ2v) is 7.86. The smallest absolute Gasteiger partial charge is 0.257 e. The summed E-state index contributed by atoms with van der Waals surface area (Å²) in [4.78, 5) is 23.3. The molecule has 154 valence electrons.